The predicted octanol–water partition coefficient (Wildman–Crippen LogP) is 1.24. The van der Waals surface area contributed by atoms with Crippen LogP contribution in [0.1, 0.15) is 5.56 Å². The summed E-state index contributed by atoms with van der Waals surface area (Å²) in [6, 6.07) is 9.86. The molecule has 1 rings (SSSR count). The second kappa shape index (κ2) is 3.19. The van der Waals surface area contributed by atoms with E-state index in [1.165, 1.54) is 0 Å². The number of hydrogen-bond acceptors (Lipinski definition) is 2. The van der Waals surface area contributed by atoms with Gasteiger partial charge in [0.25, 0.3) is 0 Å². The van der Waals surface area contributed by atoms with Gasteiger partial charge >= 0.3 is 0 Å². The van der Waals surface area contributed by atoms with E-state index in [1.807, 2.05) is 24.3 Å². The molecule has 0 aliphatic rings. The normalized spacial score (nSPS) is 8.10. The lowest BCUT2D eigenvalue weighted by molar-refractivity contribution is 1.45. The zero-order chi connectivity index (χ0) is 7.40. The Morgan fingerprint density at radius 1 is 1.40 bits per heavy atom. The molecule has 0 saturated carbocycles. The molecule has 1 aromatic carbocycles. The Kier molecular flexibility index (Phi) is 2.24. The molecule has 0 heterocycles. The number of thiol groups is 1. The molecule has 1 nitrogen and oxygen atoms in total. The maximum atomic E-state index is 5.02. The Labute approximate surface area is 65.7 Å². The van der Waals surface area contributed by atoms with Crippen molar-refractivity contribution in [1.82, 2.24) is 0 Å². The van der Waals surface area contributed by atoms with Crippen LogP contribution in [0.15, 0.2) is 29.2 Å². The second-order valence-corrected chi connectivity index (χ2v) is 2.34. The van der Waals surface area contributed by atoms with Crippen molar-refractivity contribution in [2.75, 3.05) is 0 Å². The highest BCUT2D eigenvalue weighted by Gasteiger charge is 1.85. The van der Waals surface area contributed by atoms with Crippen molar-refractivity contribution in [1.29, 1.82) is 0 Å². The average Bonchev–Trinajstić information content (AvgIpc) is 1.88. The zero-order valence-corrected chi connectivity index (χ0v) is 6.23. The minimum atomic E-state index is 0.898. The van der Waals surface area contributed by atoms with E-state index in [2.05, 4.69) is 24.6 Å². The van der Waals surface area contributed by atoms with Crippen molar-refractivity contribution >= 4 is 12.6 Å². The van der Waals surface area contributed by atoms with E-state index in [9.17, 15) is 0 Å². The van der Waals surface area contributed by atoms with Crippen molar-refractivity contribution in [3.8, 4) is 12.0 Å². The monoisotopic (exact) mass is 149 g/mol. The van der Waals surface area contributed by atoms with Crippen LogP contribution in [0.5, 0.6) is 0 Å². The Balaban J connectivity index is 3.03. The molecule has 0 radical (unpaired) electrons. The summed E-state index contributed by atoms with van der Waals surface area (Å²) in [7, 11) is 0. The molecule has 0 aliphatic carbocycles. The molecule has 0 fully saturated rings. The Morgan fingerprint density at radius 3 is 2.80 bits per heavy atom. The van der Waals surface area contributed by atoms with Gasteiger partial charge in [-0.2, -0.15) is 0 Å². The fourth-order valence-electron chi connectivity index (χ4n) is 0.667. The van der Waals surface area contributed by atoms with Gasteiger partial charge in [-0.1, -0.05) is 6.07 Å². The summed E-state index contributed by atoms with van der Waals surface area (Å²) in [5, 5.41) is 0. The summed E-state index contributed by atoms with van der Waals surface area (Å²) in [5.41, 5.74) is 5.92. The molecule has 0 spiro atoms. The van der Waals surface area contributed by atoms with Crippen LogP contribution in [-0.2, 0) is 0 Å². The van der Waals surface area contributed by atoms with Crippen LogP contribution in [0.3, 0.4) is 0 Å². The van der Waals surface area contributed by atoms with E-state index in [1.54, 1.807) is 0 Å². The lowest BCUT2D eigenvalue weighted by atomic mass is 10.2. The minimum Gasteiger partial charge on any atom is -0.359 e. The van der Waals surface area contributed by atoms with E-state index < -0.39 is 0 Å². The summed E-state index contributed by atoms with van der Waals surface area (Å²) in [6.45, 7) is 0. The smallest absolute Gasteiger partial charge is 0.0274 e. The molecule has 0 aromatic heterocycles. The number of rotatable bonds is 0. The molecule has 0 atom stereocenters. The first-order valence-corrected chi connectivity index (χ1v) is 3.28. The van der Waals surface area contributed by atoms with Gasteiger partial charge in [-0.15, -0.1) is 12.6 Å². The van der Waals surface area contributed by atoms with Gasteiger partial charge in [-0.25, -0.2) is 0 Å². The highest BCUT2D eigenvalue weighted by Crippen LogP contribution is 2.06. The van der Waals surface area contributed by atoms with Crippen LogP contribution < -0.4 is 5.73 Å². The number of hydrogen-bond donors (Lipinski definition) is 2. The molecule has 0 bridgehead atoms. The second-order valence-electron chi connectivity index (χ2n) is 1.82. The fourth-order valence-corrected chi connectivity index (χ4v) is 0.892. The molecule has 2 N–H and O–H groups in total. The van der Waals surface area contributed by atoms with Crippen LogP contribution in [0.2, 0.25) is 0 Å². The number of nitrogens with two attached hydrogens (primary N) is 1. The van der Waals surface area contributed by atoms with Crippen LogP contribution in [0.25, 0.3) is 0 Å². The maximum absolute atomic E-state index is 5.02. The predicted molar refractivity (Wildman–Crippen MR) is 44.8 cm³/mol. The highest BCUT2D eigenvalue weighted by molar-refractivity contribution is 7.80. The van der Waals surface area contributed by atoms with Gasteiger partial charge in [0.15, 0.2) is 0 Å². The highest BCUT2D eigenvalue weighted by atomic mass is 32.1. The summed E-state index contributed by atoms with van der Waals surface area (Å²) in [6.07, 6.45) is 0. The van der Waals surface area contributed by atoms with Gasteiger partial charge < -0.3 is 5.73 Å². The quantitative estimate of drug-likeness (QED) is 0.324. The lowest BCUT2D eigenvalue weighted by Crippen LogP contribution is -1.79. The fraction of sp³-hybridized carbons (Fsp3) is 0. The van der Waals surface area contributed by atoms with Crippen LogP contribution in [-0.4, -0.2) is 0 Å². The standard InChI is InChI=1S/C8H7NS/c9-5-4-7-2-1-3-8(10)6-7/h1-3,6,10H,9H2. The average molecular weight is 149 g/mol. The molecule has 1 aromatic rings. The van der Waals surface area contributed by atoms with Crippen molar-refractivity contribution in [3.63, 3.8) is 0 Å². The summed E-state index contributed by atoms with van der Waals surface area (Å²) in [4.78, 5) is 0.903. The third-order valence-corrected chi connectivity index (χ3v) is 1.34. The van der Waals surface area contributed by atoms with Gasteiger partial charge in [0.05, 0.1) is 0 Å². The summed E-state index contributed by atoms with van der Waals surface area (Å²) < 4.78 is 0. The topological polar surface area (TPSA) is 26.0 Å². The van der Waals surface area contributed by atoms with Crippen LogP contribution >= 0.6 is 12.6 Å². The molecule has 0 saturated heterocycles. The molecule has 0 unspecified atom stereocenters. The van der Waals surface area contributed by atoms with Crippen molar-refractivity contribution in [3.05, 3.63) is 29.8 Å². The molecule has 10 heavy (non-hydrogen) atoms. The largest absolute Gasteiger partial charge is 0.359 e. The lowest BCUT2D eigenvalue weighted by Gasteiger charge is -1.89. The van der Waals surface area contributed by atoms with Crippen molar-refractivity contribution in [2.45, 2.75) is 4.90 Å². The molecule has 50 valence electrons. The molecule has 0 amide bonds. The summed E-state index contributed by atoms with van der Waals surface area (Å²) in [5.74, 6) is 2.73. The van der Waals surface area contributed by atoms with Crippen molar-refractivity contribution < 1.29 is 0 Å². The van der Waals surface area contributed by atoms with E-state index >= 15 is 0 Å². The third kappa shape index (κ3) is 1.71. The van der Waals surface area contributed by atoms with Crippen molar-refractivity contribution in [2.24, 2.45) is 5.73 Å². The first kappa shape index (κ1) is 7.04. The molecule has 2 heteroatoms. The molecular formula is C8H7NS. The van der Waals surface area contributed by atoms with E-state index in [0.717, 1.165) is 10.5 Å². The number of benzene rings is 1. The van der Waals surface area contributed by atoms with Gasteiger partial charge in [-0.3, -0.25) is 0 Å². The SMILES string of the molecule is NC#Cc1cccc(S)c1. The van der Waals surface area contributed by atoms with Gasteiger partial charge in [0, 0.05) is 16.5 Å². The first-order chi connectivity index (χ1) is 4.83. The van der Waals surface area contributed by atoms with Crippen LogP contribution in [0, 0.1) is 12.0 Å². The van der Waals surface area contributed by atoms with E-state index in [4.69, 9.17) is 5.73 Å². The van der Waals surface area contributed by atoms with Gasteiger partial charge in [-0.05, 0) is 24.1 Å². The first-order valence-electron chi connectivity index (χ1n) is 2.83. The Hall–Kier alpha value is -1.07. The van der Waals surface area contributed by atoms with E-state index in [0.29, 0.717) is 0 Å². The van der Waals surface area contributed by atoms with Gasteiger partial charge in [0.2, 0.25) is 0 Å². The molecular weight excluding hydrogens is 142 g/mol. The summed E-state index contributed by atoms with van der Waals surface area (Å²) >= 11 is 4.14. The zero-order valence-electron chi connectivity index (χ0n) is 5.33. The Bertz CT molecular complexity index is 283. The van der Waals surface area contributed by atoms with Crippen LogP contribution in [0.4, 0.5) is 0 Å². The van der Waals surface area contributed by atoms with Gasteiger partial charge in [0.1, 0.15) is 0 Å². The minimum absolute atomic E-state index is 0.898. The Morgan fingerprint density at radius 2 is 2.20 bits per heavy atom. The molecule has 0 aliphatic heterocycles. The maximum Gasteiger partial charge on any atom is 0.0274 e. The van der Waals surface area contributed by atoms with E-state index in [-0.39, 0.29) is 0 Å². The third-order valence-electron chi connectivity index (χ3n) is 1.06.